The molecule has 1 unspecified atom stereocenters. The third-order valence-corrected chi connectivity index (χ3v) is 4.42. The molecule has 0 aliphatic heterocycles. The molecule has 0 spiro atoms. The summed E-state index contributed by atoms with van der Waals surface area (Å²) in [7, 11) is 1.72. The molecule has 0 bridgehead atoms. The summed E-state index contributed by atoms with van der Waals surface area (Å²) in [5.41, 5.74) is 2.45. The van der Waals surface area contributed by atoms with Crippen molar-refractivity contribution in [1.82, 2.24) is 0 Å². The van der Waals surface area contributed by atoms with Crippen LogP contribution in [0.2, 0.25) is 0 Å². The fourth-order valence-electron chi connectivity index (χ4n) is 2.92. The minimum atomic E-state index is 0.710. The highest BCUT2D eigenvalue weighted by Gasteiger charge is 2.15. The van der Waals surface area contributed by atoms with E-state index in [1.54, 1.807) is 7.11 Å². The molecular weight excluding hydrogens is 282 g/mol. The standard InChI is InChI=1S/C21H29NO/c1-4-6-11-18(5-2)17-22(19-12-8-7-9-13-19)20-14-10-15-21(16-20)23-3/h7-10,12-16,18H,4-6,11,17H2,1-3H3. The average Bonchev–Trinajstić information content (AvgIpc) is 2.63. The van der Waals surface area contributed by atoms with Crippen LogP contribution in [0.5, 0.6) is 5.75 Å². The van der Waals surface area contributed by atoms with Crippen LogP contribution in [0.25, 0.3) is 0 Å². The van der Waals surface area contributed by atoms with Crippen LogP contribution in [-0.4, -0.2) is 13.7 Å². The van der Waals surface area contributed by atoms with E-state index < -0.39 is 0 Å². The minimum Gasteiger partial charge on any atom is -0.497 e. The van der Waals surface area contributed by atoms with Crippen LogP contribution >= 0.6 is 0 Å². The van der Waals surface area contributed by atoms with Gasteiger partial charge in [-0.05, 0) is 36.6 Å². The van der Waals surface area contributed by atoms with E-state index in [-0.39, 0.29) is 0 Å². The first kappa shape index (κ1) is 17.4. The molecule has 0 fully saturated rings. The Morgan fingerprint density at radius 2 is 1.70 bits per heavy atom. The van der Waals surface area contributed by atoms with Crippen LogP contribution in [0.1, 0.15) is 39.5 Å². The summed E-state index contributed by atoms with van der Waals surface area (Å²) in [5.74, 6) is 1.62. The molecule has 0 saturated heterocycles. The number of ether oxygens (including phenoxy) is 1. The van der Waals surface area contributed by atoms with Crippen LogP contribution in [0, 0.1) is 5.92 Å². The summed E-state index contributed by atoms with van der Waals surface area (Å²) in [4.78, 5) is 2.42. The molecule has 2 rings (SSSR count). The number of hydrogen-bond acceptors (Lipinski definition) is 2. The molecule has 2 nitrogen and oxygen atoms in total. The molecule has 2 heteroatoms. The average molecular weight is 311 g/mol. The van der Waals surface area contributed by atoms with E-state index in [0.717, 1.165) is 12.3 Å². The van der Waals surface area contributed by atoms with Gasteiger partial charge in [0, 0.05) is 24.0 Å². The molecule has 0 N–H and O–H groups in total. The Morgan fingerprint density at radius 1 is 0.957 bits per heavy atom. The molecule has 0 amide bonds. The van der Waals surface area contributed by atoms with Crippen molar-refractivity contribution in [3.63, 3.8) is 0 Å². The Kier molecular flexibility index (Phi) is 6.99. The number of rotatable bonds is 9. The fourth-order valence-corrected chi connectivity index (χ4v) is 2.92. The molecule has 2 aromatic carbocycles. The van der Waals surface area contributed by atoms with E-state index in [1.165, 1.54) is 37.1 Å². The van der Waals surface area contributed by atoms with E-state index in [4.69, 9.17) is 4.74 Å². The van der Waals surface area contributed by atoms with Crippen molar-refractivity contribution in [1.29, 1.82) is 0 Å². The SMILES string of the molecule is CCCCC(CC)CN(c1ccccc1)c1cccc(OC)c1. The highest BCUT2D eigenvalue weighted by atomic mass is 16.5. The van der Waals surface area contributed by atoms with Gasteiger partial charge in [-0.1, -0.05) is 57.4 Å². The molecular formula is C21H29NO. The molecule has 2 aromatic rings. The van der Waals surface area contributed by atoms with Gasteiger partial charge in [0.15, 0.2) is 0 Å². The van der Waals surface area contributed by atoms with E-state index >= 15 is 0 Å². The molecule has 0 aliphatic carbocycles. The molecule has 0 heterocycles. The number of para-hydroxylation sites is 1. The molecule has 0 aromatic heterocycles. The molecule has 124 valence electrons. The molecule has 0 saturated carbocycles. The van der Waals surface area contributed by atoms with Crippen molar-refractivity contribution in [2.24, 2.45) is 5.92 Å². The number of anilines is 2. The van der Waals surface area contributed by atoms with Crippen molar-refractivity contribution < 1.29 is 4.74 Å². The number of unbranched alkanes of at least 4 members (excludes halogenated alkanes) is 1. The summed E-state index contributed by atoms with van der Waals surface area (Å²) in [5, 5.41) is 0. The zero-order valence-electron chi connectivity index (χ0n) is 14.7. The van der Waals surface area contributed by atoms with E-state index in [1.807, 2.05) is 6.07 Å². The van der Waals surface area contributed by atoms with Gasteiger partial charge in [0.2, 0.25) is 0 Å². The highest BCUT2D eigenvalue weighted by Crippen LogP contribution is 2.30. The smallest absolute Gasteiger partial charge is 0.120 e. The maximum atomic E-state index is 5.41. The first-order chi connectivity index (χ1) is 11.3. The lowest BCUT2D eigenvalue weighted by atomic mass is 9.98. The summed E-state index contributed by atoms with van der Waals surface area (Å²) >= 11 is 0. The predicted octanol–water partition coefficient (Wildman–Crippen LogP) is 6.05. The van der Waals surface area contributed by atoms with E-state index in [0.29, 0.717) is 5.92 Å². The molecule has 0 aliphatic rings. The molecule has 0 radical (unpaired) electrons. The Bertz CT molecular complexity index is 567. The van der Waals surface area contributed by atoms with E-state index in [9.17, 15) is 0 Å². The van der Waals surface area contributed by atoms with Gasteiger partial charge in [0.1, 0.15) is 5.75 Å². The minimum absolute atomic E-state index is 0.710. The van der Waals surface area contributed by atoms with Gasteiger partial charge < -0.3 is 9.64 Å². The summed E-state index contributed by atoms with van der Waals surface area (Å²) < 4.78 is 5.41. The Labute approximate surface area is 141 Å². The van der Waals surface area contributed by atoms with Crippen molar-refractivity contribution in [2.45, 2.75) is 39.5 Å². The summed E-state index contributed by atoms with van der Waals surface area (Å²) in [6, 6.07) is 19.0. The number of hydrogen-bond donors (Lipinski definition) is 0. The fraction of sp³-hybridized carbons (Fsp3) is 0.429. The van der Waals surface area contributed by atoms with Crippen LogP contribution < -0.4 is 9.64 Å². The second kappa shape index (κ2) is 9.24. The third-order valence-electron chi connectivity index (χ3n) is 4.42. The van der Waals surface area contributed by atoms with Crippen LogP contribution in [0.3, 0.4) is 0 Å². The monoisotopic (exact) mass is 311 g/mol. The van der Waals surface area contributed by atoms with Gasteiger partial charge in [0.25, 0.3) is 0 Å². The zero-order chi connectivity index (χ0) is 16.5. The largest absolute Gasteiger partial charge is 0.497 e. The second-order valence-electron chi connectivity index (χ2n) is 6.06. The third kappa shape index (κ3) is 5.02. The van der Waals surface area contributed by atoms with Crippen molar-refractivity contribution in [3.8, 4) is 5.75 Å². The maximum absolute atomic E-state index is 5.41. The first-order valence-electron chi connectivity index (χ1n) is 8.75. The quantitative estimate of drug-likeness (QED) is 0.559. The van der Waals surface area contributed by atoms with Gasteiger partial charge in [-0.25, -0.2) is 0 Å². The van der Waals surface area contributed by atoms with Crippen LogP contribution in [0.4, 0.5) is 11.4 Å². The maximum Gasteiger partial charge on any atom is 0.120 e. The van der Waals surface area contributed by atoms with Crippen LogP contribution in [0.15, 0.2) is 54.6 Å². The zero-order valence-corrected chi connectivity index (χ0v) is 14.7. The van der Waals surface area contributed by atoms with E-state index in [2.05, 4.69) is 67.3 Å². The van der Waals surface area contributed by atoms with Crippen molar-refractivity contribution in [2.75, 3.05) is 18.6 Å². The van der Waals surface area contributed by atoms with Gasteiger partial charge in [-0.3, -0.25) is 0 Å². The Morgan fingerprint density at radius 3 is 2.35 bits per heavy atom. The van der Waals surface area contributed by atoms with Crippen molar-refractivity contribution >= 4 is 11.4 Å². The van der Waals surface area contributed by atoms with Gasteiger partial charge in [-0.2, -0.15) is 0 Å². The number of methoxy groups -OCH3 is 1. The topological polar surface area (TPSA) is 12.5 Å². The first-order valence-corrected chi connectivity index (χ1v) is 8.75. The lowest BCUT2D eigenvalue weighted by molar-refractivity contribution is 0.414. The second-order valence-corrected chi connectivity index (χ2v) is 6.06. The normalized spacial score (nSPS) is 12.0. The lowest BCUT2D eigenvalue weighted by Crippen LogP contribution is -2.25. The highest BCUT2D eigenvalue weighted by molar-refractivity contribution is 5.64. The Hall–Kier alpha value is -1.96. The van der Waals surface area contributed by atoms with Crippen LogP contribution in [-0.2, 0) is 0 Å². The number of benzene rings is 2. The molecule has 1 atom stereocenters. The van der Waals surface area contributed by atoms with Gasteiger partial charge in [0.05, 0.1) is 7.11 Å². The Balaban J connectivity index is 2.28. The predicted molar refractivity (Wildman–Crippen MR) is 99.7 cm³/mol. The number of nitrogens with zero attached hydrogens (tertiary/aromatic N) is 1. The van der Waals surface area contributed by atoms with Crippen molar-refractivity contribution in [3.05, 3.63) is 54.6 Å². The summed E-state index contributed by atoms with van der Waals surface area (Å²) in [6.45, 7) is 5.62. The van der Waals surface area contributed by atoms with Gasteiger partial charge in [-0.15, -0.1) is 0 Å². The van der Waals surface area contributed by atoms with Gasteiger partial charge >= 0.3 is 0 Å². The summed E-state index contributed by atoms with van der Waals surface area (Å²) in [6.07, 6.45) is 5.08. The molecule has 23 heavy (non-hydrogen) atoms. The lowest BCUT2D eigenvalue weighted by Gasteiger charge is -2.29.